The molecule has 0 saturated heterocycles. The van der Waals surface area contributed by atoms with Gasteiger partial charge in [-0.05, 0) is 29.8 Å². The molecule has 6 heteroatoms. The summed E-state index contributed by atoms with van der Waals surface area (Å²) in [5.41, 5.74) is 1.20. The highest BCUT2D eigenvalue weighted by atomic mass is 35.5. The van der Waals surface area contributed by atoms with E-state index < -0.39 is 0 Å². The van der Waals surface area contributed by atoms with Crippen LogP contribution in [-0.4, -0.2) is 20.1 Å². The van der Waals surface area contributed by atoms with E-state index >= 15 is 0 Å². The molecule has 0 fully saturated rings. The molecule has 0 aromatic heterocycles. The van der Waals surface area contributed by atoms with Gasteiger partial charge in [0.05, 0.1) is 36.4 Å². The molecule has 0 heterocycles. The second kappa shape index (κ2) is 7.38. The van der Waals surface area contributed by atoms with Gasteiger partial charge in [0.1, 0.15) is 0 Å². The summed E-state index contributed by atoms with van der Waals surface area (Å²) in [5.74, 6) is 0.964. The molecular weight excluding hydrogens is 325 g/mol. The van der Waals surface area contributed by atoms with Crippen molar-refractivity contribution in [1.82, 2.24) is 0 Å². The number of benzene rings is 2. The van der Waals surface area contributed by atoms with E-state index in [0.717, 1.165) is 5.56 Å². The lowest BCUT2D eigenvalue weighted by Crippen LogP contribution is -2.15. The van der Waals surface area contributed by atoms with E-state index in [0.29, 0.717) is 27.2 Å². The number of hydrogen-bond acceptors (Lipinski definition) is 3. The summed E-state index contributed by atoms with van der Waals surface area (Å²) in [6.45, 7) is 0. The molecule has 0 spiro atoms. The van der Waals surface area contributed by atoms with Crippen molar-refractivity contribution >= 4 is 34.8 Å². The summed E-state index contributed by atoms with van der Waals surface area (Å²) in [6, 6.07) is 10.4. The number of carbonyl (C=O) groups excluding carboxylic acids is 1. The van der Waals surface area contributed by atoms with E-state index in [1.54, 1.807) is 50.6 Å². The van der Waals surface area contributed by atoms with Crippen LogP contribution in [0.5, 0.6) is 11.5 Å². The topological polar surface area (TPSA) is 47.6 Å². The molecule has 4 nitrogen and oxygen atoms in total. The molecule has 0 saturated carbocycles. The Morgan fingerprint density at radius 3 is 2.27 bits per heavy atom. The van der Waals surface area contributed by atoms with Gasteiger partial charge in [-0.15, -0.1) is 0 Å². The van der Waals surface area contributed by atoms with Gasteiger partial charge in [0.2, 0.25) is 5.91 Å². The number of ether oxygens (including phenoxy) is 2. The van der Waals surface area contributed by atoms with Crippen molar-refractivity contribution < 1.29 is 14.3 Å². The number of nitrogens with one attached hydrogen (secondary N) is 1. The van der Waals surface area contributed by atoms with Crippen LogP contribution in [0.2, 0.25) is 10.0 Å². The third-order valence-corrected chi connectivity index (χ3v) is 3.67. The highest BCUT2D eigenvalue weighted by molar-refractivity contribution is 6.39. The summed E-state index contributed by atoms with van der Waals surface area (Å²) in [4.78, 5) is 12.1. The van der Waals surface area contributed by atoms with E-state index in [9.17, 15) is 4.79 Å². The zero-order valence-electron chi connectivity index (χ0n) is 12.2. The van der Waals surface area contributed by atoms with Crippen LogP contribution >= 0.6 is 23.2 Å². The predicted molar refractivity (Wildman–Crippen MR) is 88.3 cm³/mol. The van der Waals surface area contributed by atoms with E-state index in [1.807, 2.05) is 0 Å². The van der Waals surface area contributed by atoms with Gasteiger partial charge in [0.15, 0.2) is 11.5 Å². The predicted octanol–water partition coefficient (Wildman–Crippen LogP) is 4.19. The second-order valence-electron chi connectivity index (χ2n) is 4.51. The van der Waals surface area contributed by atoms with Gasteiger partial charge in [-0.1, -0.05) is 35.3 Å². The van der Waals surface area contributed by atoms with Crippen LogP contribution in [0.15, 0.2) is 36.4 Å². The molecule has 0 radical (unpaired) electrons. The normalized spacial score (nSPS) is 10.2. The third kappa shape index (κ3) is 3.84. The molecule has 2 rings (SSSR count). The van der Waals surface area contributed by atoms with Gasteiger partial charge in [-0.25, -0.2) is 0 Å². The average molecular weight is 340 g/mol. The van der Waals surface area contributed by atoms with Crippen LogP contribution in [0.3, 0.4) is 0 Å². The van der Waals surface area contributed by atoms with Gasteiger partial charge in [-0.2, -0.15) is 0 Å². The number of halogens is 2. The average Bonchev–Trinajstić information content (AvgIpc) is 2.51. The Balaban J connectivity index is 2.12. The van der Waals surface area contributed by atoms with Gasteiger partial charge in [0, 0.05) is 0 Å². The van der Waals surface area contributed by atoms with Crippen LogP contribution in [0.1, 0.15) is 5.56 Å². The minimum atomic E-state index is -0.220. The Labute approximate surface area is 138 Å². The molecule has 0 aliphatic heterocycles. The monoisotopic (exact) mass is 339 g/mol. The van der Waals surface area contributed by atoms with E-state index in [-0.39, 0.29) is 12.3 Å². The molecule has 116 valence electrons. The van der Waals surface area contributed by atoms with Crippen LogP contribution in [0, 0.1) is 0 Å². The fourth-order valence-electron chi connectivity index (χ4n) is 1.98. The Morgan fingerprint density at radius 1 is 1.05 bits per heavy atom. The van der Waals surface area contributed by atoms with Crippen molar-refractivity contribution in [3.63, 3.8) is 0 Å². The van der Waals surface area contributed by atoms with Crippen molar-refractivity contribution in [2.75, 3.05) is 19.5 Å². The molecule has 0 aliphatic rings. The van der Waals surface area contributed by atoms with Gasteiger partial charge in [-0.3, -0.25) is 4.79 Å². The quantitative estimate of drug-likeness (QED) is 0.888. The Bertz CT molecular complexity index is 669. The number of para-hydroxylation sites is 1. The number of carbonyl (C=O) groups is 1. The number of rotatable bonds is 5. The first-order chi connectivity index (χ1) is 10.5. The zero-order valence-corrected chi connectivity index (χ0v) is 13.7. The van der Waals surface area contributed by atoms with Gasteiger partial charge in [0.25, 0.3) is 0 Å². The van der Waals surface area contributed by atoms with Gasteiger partial charge >= 0.3 is 0 Å². The van der Waals surface area contributed by atoms with E-state index in [2.05, 4.69) is 5.32 Å². The molecule has 0 bridgehead atoms. The van der Waals surface area contributed by atoms with Crippen LogP contribution < -0.4 is 14.8 Å². The van der Waals surface area contributed by atoms with Crippen molar-refractivity contribution in [3.8, 4) is 11.5 Å². The smallest absolute Gasteiger partial charge is 0.228 e. The minimum absolute atomic E-state index is 0.169. The molecule has 0 aliphatic carbocycles. The lowest BCUT2D eigenvalue weighted by Gasteiger charge is -2.11. The Kier molecular flexibility index (Phi) is 5.52. The van der Waals surface area contributed by atoms with E-state index in [4.69, 9.17) is 32.7 Å². The minimum Gasteiger partial charge on any atom is -0.493 e. The molecule has 2 aromatic carbocycles. The van der Waals surface area contributed by atoms with Crippen LogP contribution in [-0.2, 0) is 11.2 Å². The molecule has 1 N–H and O–H groups in total. The molecule has 1 amide bonds. The highest BCUT2D eigenvalue weighted by Gasteiger charge is 2.12. The Morgan fingerprint density at radius 2 is 1.68 bits per heavy atom. The largest absolute Gasteiger partial charge is 0.493 e. The summed E-state index contributed by atoms with van der Waals surface area (Å²) >= 11 is 12.1. The van der Waals surface area contributed by atoms with Crippen molar-refractivity contribution in [2.24, 2.45) is 0 Å². The van der Waals surface area contributed by atoms with Gasteiger partial charge < -0.3 is 14.8 Å². The molecular formula is C16H15Cl2NO3. The second-order valence-corrected chi connectivity index (χ2v) is 5.33. The summed E-state index contributed by atoms with van der Waals surface area (Å²) in [5, 5.41) is 3.51. The molecule has 22 heavy (non-hydrogen) atoms. The number of methoxy groups -OCH3 is 2. The number of hydrogen-bond donors (Lipinski definition) is 1. The lowest BCUT2D eigenvalue weighted by atomic mass is 10.1. The summed E-state index contributed by atoms with van der Waals surface area (Å²) in [7, 11) is 3.11. The number of anilines is 1. The fraction of sp³-hybridized carbons (Fsp3) is 0.188. The van der Waals surface area contributed by atoms with E-state index in [1.165, 1.54) is 0 Å². The van der Waals surface area contributed by atoms with Crippen molar-refractivity contribution in [2.45, 2.75) is 6.42 Å². The summed E-state index contributed by atoms with van der Waals surface area (Å²) in [6.07, 6.45) is 0.169. The standard InChI is InChI=1S/C16H15Cl2NO3/c1-21-13-7-6-10(8-14(13)22-2)9-15(20)19-16-11(17)4-3-5-12(16)18/h3-8H,9H2,1-2H3,(H,19,20). The third-order valence-electron chi connectivity index (χ3n) is 3.04. The first kappa shape index (κ1) is 16.5. The lowest BCUT2D eigenvalue weighted by molar-refractivity contribution is -0.115. The first-order valence-corrected chi connectivity index (χ1v) is 7.25. The first-order valence-electron chi connectivity index (χ1n) is 6.50. The fourth-order valence-corrected chi connectivity index (χ4v) is 2.47. The SMILES string of the molecule is COc1ccc(CC(=O)Nc2c(Cl)cccc2Cl)cc1OC. The van der Waals surface area contributed by atoms with Crippen LogP contribution in [0.4, 0.5) is 5.69 Å². The highest BCUT2D eigenvalue weighted by Crippen LogP contribution is 2.30. The molecule has 0 unspecified atom stereocenters. The van der Waals surface area contributed by atoms with Crippen LogP contribution in [0.25, 0.3) is 0 Å². The maximum Gasteiger partial charge on any atom is 0.228 e. The number of amides is 1. The summed E-state index contributed by atoms with van der Waals surface area (Å²) < 4.78 is 10.4. The molecule has 0 atom stereocenters. The zero-order chi connectivity index (χ0) is 16.1. The van der Waals surface area contributed by atoms with Crippen molar-refractivity contribution in [3.05, 3.63) is 52.0 Å². The van der Waals surface area contributed by atoms with Crippen molar-refractivity contribution in [1.29, 1.82) is 0 Å². The Hall–Kier alpha value is -1.91. The maximum absolute atomic E-state index is 12.1. The molecule has 2 aromatic rings. The maximum atomic E-state index is 12.1.